The zero-order chi connectivity index (χ0) is 15.9. The van der Waals surface area contributed by atoms with Gasteiger partial charge in [0.25, 0.3) is 0 Å². The van der Waals surface area contributed by atoms with Crippen LogP contribution in [0.25, 0.3) is 0 Å². The van der Waals surface area contributed by atoms with E-state index in [-0.39, 0.29) is 75.0 Å². The van der Waals surface area contributed by atoms with Crippen LogP contribution in [0.15, 0.2) is 12.2 Å². The second-order valence-corrected chi connectivity index (χ2v) is 8.99. The number of hydrogen-bond acceptors (Lipinski definition) is 0. The van der Waals surface area contributed by atoms with Gasteiger partial charge < -0.3 is 0 Å². The van der Waals surface area contributed by atoms with Gasteiger partial charge in [-0.3, -0.25) is 0 Å². The van der Waals surface area contributed by atoms with Crippen molar-refractivity contribution in [2.45, 2.75) is 83.1 Å². The highest BCUT2D eigenvalue weighted by Gasteiger charge is 2.64. The zero-order valence-corrected chi connectivity index (χ0v) is 21.1. The maximum atomic E-state index is 2.52. The maximum absolute atomic E-state index is 2.52. The Kier molecular flexibility index (Phi) is 10.1. The SMILES string of the molecule is CC.CC(C)(C)C1(C(C)(C)C)C=CC(C)(C)C1(C)C.I.I. The first-order valence-electron chi connectivity index (χ1n) is 7.91. The molecule has 1 aliphatic rings. The quantitative estimate of drug-likeness (QED) is 0.224. The fourth-order valence-electron chi connectivity index (χ4n) is 4.76. The van der Waals surface area contributed by atoms with E-state index in [0.29, 0.717) is 0 Å². The predicted molar refractivity (Wildman–Crippen MR) is 120 cm³/mol. The molecule has 0 aromatic heterocycles. The Hall–Kier alpha value is 1.20. The zero-order valence-electron chi connectivity index (χ0n) is 16.5. The van der Waals surface area contributed by atoms with Crippen LogP contribution in [0.3, 0.4) is 0 Å². The molecular weight excluding hydrogens is 482 g/mol. The first-order valence-corrected chi connectivity index (χ1v) is 7.91. The summed E-state index contributed by atoms with van der Waals surface area (Å²) in [5.74, 6) is 0. The third-order valence-electron chi connectivity index (χ3n) is 5.71. The van der Waals surface area contributed by atoms with Crippen molar-refractivity contribution >= 4 is 48.0 Å². The van der Waals surface area contributed by atoms with Gasteiger partial charge in [-0.15, -0.1) is 48.0 Å². The van der Waals surface area contributed by atoms with Crippen LogP contribution in [0.4, 0.5) is 0 Å². The number of halogens is 2. The van der Waals surface area contributed by atoms with E-state index < -0.39 is 0 Å². The minimum absolute atomic E-state index is 0. The monoisotopic (exact) mass is 522 g/mol. The Morgan fingerprint density at radius 1 is 0.619 bits per heavy atom. The molecule has 1 aliphatic carbocycles. The molecule has 0 unspecified atom stereocenters. The molecule has 1 rings (SSSR count). The fourth-order valence-corrected chi connectivity index (χ4v) is 4.76. The molecule has 0 amide bonds. The number of rotatable bonds is 0. The van der Waals surface area contributed by atoms with Gasteiger partial charge in [-0.25, -0.2) is 0 Å². The molecule has 0 heterocycles. The molecule has 0 N–H and O–H groups in total. The average Bonchev–Trinajstić information content (AvgIpc) is 2.35. The van der Waals surface area contributed by atoms with Crippen LogP contribution in [0, 0.1) is 27.1 Å². The molecule has 0 fully saturated rings. The summed E-state index contributed by atoms with van der Waals surface area (Å²) in [6, 6.07) is 0. The molecule has 0 saturated carbocycles. The third-order valence-corrected chi connectivity index (χ3v) is 5.71. The van der Waals surface area contributed by atoms with E-state index >= 15 is 0 Å². The van der Waals surface area contributed by atoms with Gasteiger partial charge in [0.1, 0.15) is 0 Å². The van der Waals surface area contributed by atoms with Crippen molar-refractivity contribution in [1.82, 2.24) is 0 Å². The van der Waals surface area contributed by atoms with E-state index in [1.54, 1.807) is 0 Å². The minimum atomic E-state index is 0. The molecular formula is C19H40I2. The molecule has 0 atom stereocenters. The van der Waals surface area contributed by atoms with Crippen LogP contribution in [0.1, 0.15) is 83.1 Å². The lowest BCUT2D eigenvalue weighted by atomic mass is 9.42. The lowest BCUT2D eigenvalue weighted by Crippen LogP contribution is -2.56. The van der Waals surface area contributed by atoms with E-state index in [4.69, 9.17) is 0 Å². The number of allylic oxidation sites excluding steroid dienone is 2. The van der Waals surface area contributed by atoms with Gasteiger partial charge in [0.05, 0.1) is 0 Å². The first-order chi connectivity index (χ1) is 8.21. The lowest BCUT2D eigenvalue weighted by molar-refractivity contribution is -0.113. The van der Waals surface area contributed by atoms with E-state index in [9.17, 15) is 0 Å². The predicted octanol–water partition coefficient (Wildman–Crippen LogP) is 7.95. The summed E-state index contributed by atoms with van der Waals surface area (Å²) >= 11 is 0. The Morgan fingerprint density at radius 3 is 1.00 bits per heavy atom. The summed E-state index contributed by atoms with van der Waals surface area (Å²) in [7, 11) is 0. The Morgan fingerprint density at radius 2 is 0.905 bits per heavy atom. The molecule has 0 nitrogen and oxygen atoms in total. The molecule has 21 heavy (non-hydrogen) atoms. The molecule has 0 radical (unpaired) electrons. The van der Waals surface area contributed by atoms with Crippen molar-refractivity contribution in [2.24, 2.45) is 27.1 Å². The van der Waals surface area contributed by atoms with E-state index in [2.05, 4.69) is 81.4 Å². The Balaban J connectivity index is -0.000000774. The van der Waals surface area contributed by atoms with Crippen molar-refractivity contribution < 1.29 is 0 Å². The molecule has 0 aliphatic heterocycles. The molecule has 0 aromatic rings. The number of hydrogen-bond donors (Lipinski definition) is 0. The van der Waals surface area contributed by atoms with Crippen LogP contribution in [-0.2, 0) is 0 Å². The van der Waals surface area contributed by atoms with Crippen LogP contribution in [0.2, 0.25) is 0 Å². The summed E-state index contributed by atoms with van der Waals surface area (Å²) in [6.07, 6.45) is 4.97. The third kappa shape index (κ3) is 4.00. The van der Waals surface area contributed by atoms with E-state index in [1.165, 1.54) is 0 Å². The molecule has 0 spiro atoms. The smallest absolute Gasteiger partial charge is 0.00380 e. The van der Waals surface area contributed by atoms with Crippen molar-refractivity contribution in [1.29, 1.82) is 0 Å². The summed E-state index contributed by atoms with van der Waals surface area (Å²) in [6.45, 7) is 28.0. The van der Waals surface area contributed by atoms with Gasteiger partial charge in [0.2, 0.25) is 0 Å². The van der Waals surface area contributed by atoms with E-state index in [0.717, 1.165) is 0 Å². The van der Waals surface area contributed by atoms with Gasteiger partial charge in [-0.1, -0.05) is 95.2 Å². The van der Waals surface area contributed by atoms with Gasteiger partial charge in [0.15, 0.2) is 0 Å². The van der Waals surface area contributed by atoms with Crippen LogP contribution >= 0.6 is 48.0 Å². The topological polar surface area (TPSA) is 0 Å². The molecule has 0 bridgehead atoms. The van der Waals surface area contributed by atoms with Gasteiger partial charge >= 0.3 is 0 Å². The summed E-state index contributed by atoms with van der Waals surface area (Å²) in [4.78, 5) is 0. The summed E-state index contributed by atoms with van der Waals surface area (Å²) < 4.78 is 0. The fraction of sp³-hybridized carbons (Fsp3) is 0.895. The van der Waals surface area contributed by atoms with Crippen molar-refractivity contribution in [3.05, 3.63) is 12.2 Å². The highest BCUT2D eigenvalue weighted by atomic mass is 127. The second kappa shape index (κ2) is 7.85. The van der Waals surface area contributed by atoms with Crippen molar-refractivity contribution in [3.8, 4) is 0 Å². The first kappa shape index (κ1) is 27.1. The Bertz CT molecular complexity index is 322. The highest BCUT2D eigenvalue weighted by molar-refractivity contribution is 14.0. The standard InChI is InChI=1S/C17H32.C2H6.2HI/c1-13(2,3)17(14(4,5)6)12-11-15(7,8)16(17,9)10;1-2;;/h11-12H,1-10H3;1-2H3;2*1H. The Labute approximate surface area is 169 Å². The van der Waals surface area contributed by atoms with Crippen LogP contribution in [0.5, 0.6) is 0 Å². The van der Waals surface area contributed by atoms with Gasteiger partial charge in [0, 0.05) is 5.41 Å². The van der Waals surface area contributed by atoms with Crippen LogP contribution < -0.4 is 0 Å². The minimum Gasteiger partial charge on any atom is -0.107 e. The molecule has 130 valence electrons. The maximum Gasteiger partial charge on any atom is 0.00380 e. The highest BCUT2D eigenvalue weighted by Crippen LogP contribution is 2.70. The normalized spacial score (nSPS) is 21.5. The summed E-state index contributed by atoms with van der Waals surface area (Å²) in [5, 5.41) is 0. The average molecular weight is 522 g/mol. The van der Waals surface area contributed by atoms with Gasteiger partial charge in [-0.2, -0.15) is 0 Å². The lowest BCUT2D eigenvalue weighted by Gasteiger charge is -2.61. The van der Waals surface area contributed by atoms with E-state index in [1.807, 2.05) is 13.8 Å². The second-order valence-electron chi connectivity index (χ2n) is 8.99. The van der Waals surface area contributed by atoms with Crippen molar-refractivity contribution in [2.75, 3.05) is 0 Å². The van der Waals surface area contributed by atoms with Crippen LogP contribution in [-0.4, -0.2) is 0 Å². The molecule has 2 heteroatoms. The largest absolute Gasteiger partial charge is 0.107 e. The molecule has 0 saturated heterocycles. The summed E-state index contributed by atoms with van der Waals surface area (Å²) in [5.41, 5.74) is 1.26. The van der Waals surface area contributed by atoms with Gasteiger partial charge in [-0.05, 0) is 21.7 Å². The van der Waals surface area contributed by atoms with Crippen molar-refractivity contribution in [3.63, 3.8) is 0 Å². The molecule has 0 aromatic carbocycles.